The van der Waals surface area contributed by atoms with Crippen LogP contribution in [0.5, 0.6) is 0 Å². The predicted octanol–water partition coefficient (Wildman–Crippen LogP) is 3.36. The van der Waals surface area contributed by atoms with Crippen molar-refractivity contribution in [2.75, 3.05) is 31.5 Å². The molecule has 1 aromatic carbocycles. The highest BCUT2D eigenvalue weighted by Crippen LogP contribution is 2.22. The third kappa shape index (κ3) is 4.28. The van der Waals surface area contributed by atoms with Gasteiger partial charge in [0.25, 0.3) is 0 Å². The predicted molar refractivity (Wildman–Crippen MR) is 97.1 cm³/mol. The van der Waals surface area contributed by atoms with E-state index in [0.717, 1.165) is 43.6 Å². The van der Waals surface area contributed by atoms with Crippen molar-refractivity contribution >= 4 is 17.6 Å². The van der Waals surface area contributed by atoms with Crippen molar-refractivity contribution in [1.82, 2.24) is 9.80 Å². The van der Waals surface area contributed by atoms with Crippen molar-refractivity contribution in [3.05, 3.63) is 29.8 Å². The number of rotatable bonds is 5. The third-order valence-electron chi connectivity index (χ3n) is 4.83. The van der Waals surface area contributed by atoms with E-state index in [0.29, 0.717) is 13.1 Å². The molecule has 0 aromatic heterocycles. The Morgan fingerprint density at radius 2 is 1.75 bits per heavy atom. The molecule has 1 aliphatic rings. The van der Waals surface area contributed by atoms with E-state index < -0.39 is 0 Å². The molecule has 1 aliphatic heterocycles. The van der Waals surface area contributed by atoms with E-state index in [9.17, 15) is 9.59 Å². The van der Waals surface area contributed by atoms with Gasteiger partial charge in [0.1, 0.15) is 0 Å². The molecule has 1 saturated heterocycles. The first-order valence-electron chi connectivity index (χ1n) is 9.03. The molecule has 24 heavy (non-hydrogen) atoms. The van der Waals surface area contributed by atoms with Crippen LogP contribution in [-0.2, 0) is 11.2 Å². The highest BCUT2D eigenvalue weighted by Gasteiger charge is 2.29. The third-order valence-corrected chi connectivity index (χ3v) is 4.83. The number of nitrogens with one attached hydrogen (secondary N) is 1. The van der Waals surface area contributed by atoms with Gasteiger partial charge in [-0.15, -0.1) is 0 Å². The molecule has 132 valence electrons. The van der Waals surface area contributed by atoms with Gasteiger partial charge in [-0.2, -0.15) is 0 Å². The van der Waals surface area contributed by atoms with Crippen LogP contribution in [0.4, 0.5) is 10.5 Å². The second-order valence-corrected chi connectivity index (χ2v) is 6.22. The lowest BCUT2D eigenvalue weighted by molar-refractivity contribution is -0.121. The van der Waals surface area contributed by atoms with Crippen molar-refractivity contribution in [3.63, 3.8) is 0 Å². The zero-order valence-corrected chi connectivity index (χ0v) is 15.0. The monoisotopic (exact) mass is 331 g/mol. The molecule has 0 atom stereocenters. The standard InChI is InChI=1S/C19H29N3O2/c1-4-15-9-7-8-10-17(15)20-18(23)16-11-13-22(14-12-16)19(24)21(5-2)6-3/h7-10,16H,4-6,11-14H2,1-3H3,(H,20,23). The second kappa shape index (κ2) is 8.71. The molecule has 1 aromatic rings. The number of carbonyl (C=O) groups excluding carboxylic acids is 2. The molecule has 2 rings (SSSR count). The molecule has 5 heteroatoms. The Bertz CT molecular complexity index is 561. The summed E-state index contributed by atoms with van der Waals surface area (Å²) in [5.41, 5.74) is 2.06. The zero-order chi connectivity index (χ0) is 17.5. The maximum atomic E-state index is 12.5. The maximum Gasteiger partial charge on any atom is 0.319 e. The molecule has 1 heterocycles. The number of amides is 3. The van der Waals surface area contributed by atoms with Crippen molar-refractivity contribution in [1.29, 1.82) is 0 Å². The molecule has 0 radical (unpaired) electrons. The van der Waals surface area contributed by atoms with E-state index in [1.54, 1.807) is 0 Å². The Morgan fingerprint density at radius 3 is 2.33 bits per heavy atom. The highest BCUT2D eigenvalue weighted by molar-refractivity contribution is 5.93. The first-order chi connectivity index (χ1) is 11.6. The minimum atomic E-state index is -0.0179. The summed E-state index contributed by atoms with van der Waals surface area (Å²) in [7, 11) is 0. The van der Waals surface area contributed by atoms with Gasteiger partial charge in [-0.25, -0.2) is 4.79 Å². The maximum absolute atomic E-state index is 12.5. The number of aryl methyl sites for hydroxylation is 1. The van der Waals surface area contributed by atoms with E-state index in [1.807, 2.05) is 47.9 Å². The molecular formula is C19H29N3O2. The first-order valence-corrected chi connectivity index (χ1v) is 9.03. The van der Waals surface area contributed by atoms with Crippen LogP contribution in [0.15, 0.2) is 24.3 Å². The Kier molecular flexibility index (Phi) is 6.64. The van der Waals surface area contributed by atoms with Crippen LogP contribution in [0.1, 0.15) is 39.2 Å². The van der Waals surface area contributed by atoms with Gasteiger partial charge >= 0.3 is 6.03 Å². The fourth-order valence-corrected chi connectivity index (χ4v) is 3.21. The van der Waals surface area contributed by atoms with E-state index in [4.69, 9.17) is 0 Å². The molecule has 1 N–H and O–H groups in total. The molecule has 0 unspecified atom stereocenters. The minimum Gasteiger partial charge on any atom is -0.326 e. The van der Waals surface area contributed by atoms with E-state index in [2.05, 4.69) is 12.2 Å². The van der Waals surface area contributed by atoms with E-state index in [-0.39, 0.29) is 17.9 Å². The van der Waals surface area contributed by atoms with Gasteiger partial charge in [0.05, 0.1) is 0 Å². The zero-order valence-electron chi connectivity index (χ0n) is 15.0. The molecule has 0 bridgehead atoms. The Balaban J connectivity index is 1.90. The van der Waals surface area contributed by atoms with Crippen LogP contribution in [0, 0.1) is 5.92 Å². The summed E-state index contributed by atoms with van der Waals surface area (Å²) in [6.45, 7) is 8.83. The summed E-state index contributed by atoms with van der Waals surface area (Å²) in [4.78, 5) is 28.6. The minimum absolute atomic E-state index is 0.0179. The number of hydrogen-bond donors (Lipinski definition) is 1. The topological polar surface area (TPSA) is 52.7 Å². The number of urea groups is 1. The van der Waals surface area contributed by atoms with Crippen LogP contribution < -0.4 is 5.32 Å². The van der Waals surface area contributed by atoms with Crippen LogP contribution in [-0.4, -0.2) is 47.9 Å². The SMILES string of the molecule is CCc1ccccc1NC(=O)C1CCN(C(=O)N(CC)CC)CC1. The van der Waals surface area contributed by atoms with Crippen molar-refractivity contribution in [2.45, 2.75) is 40.0 Å². The van der Waals surface area contributed by atoms with Crippen molar-refractivity contribution < 1.29 is 9.59 Å². The molecule has 0 saturated carbocycles. The average molecular weight is 331 g/mol. The van der Waals surface area contributed by atoms with Crippen LogP contribution in [0.3, 0.4) is 0 Å². The number of nitrogens with zero attached hydrogens (tertiary/aromatic N) is 2. The fraction of sp³-hybridized carbons (Fsp3) is 0.579. The molecule has 0 aliphatic carbocycles. The number of likely N-dealkylation sites (tertiary alicyclic amines) is 1. The lowest BCUT2D eigenvalue weighted by Crippen LogP contribution is -2.47. The second-order valence-electron chi connectivity index (χ2n) is 6.22. The van der Waals surface area contributed by atoms with Crippen molar-refractivity contribution in [3.8, 4) is 0 Å². The smallest absolute Gasteiger partial charge is 0.319 e. The number of para-hydroxylation sites is 1. The van der Waals surface area contributed by atoms with Gasteiger partial charge in [-0.3, -0.25) is 4.79 Å². The highest BCUT2D eigenvalue weighted by atomic mass is 16.2. The Morgan fingerprint density at radius 1 is 1.12 bits per heavy atom. The van der Waals surface area contributed by atoms with Gasteiger partial charge in [0, 0.05) is 37.8 Å². The van der Waals surface area contributed by atoms with Gasteiger partial charge in [-0.1, -0.05) is 25.1 Å². The van der Waals surface area contributed by atoms with Gasteiger partial charge in [-0.05, 0) is 44.7 Å². The Labute approximate surface area is 145 Å². The van der Waals surface area contributed by atoms with Crippen molar-refractivity contribution in [2.24, 2.45) is 5.92 Å². The molecular weight excluding hydrogens is 302 g/mol. The van der Waals surface area contributed by atoms with Gasteiger partial charge in [0.15, 0.2) is 0 Å². The van der Waals surface area contributed by atoms with Crippen LogP contribution >= 0.6 is 0 Å². The Hall–Kier alpha value is -2.04. The van der Waals surface area contributed by atoms with Crippen LogP contribution in [0.25, 0.3) is 0 Å². The van der Waals surface area contributed by atoms with E-state index in [1.165, 1.54) is 0 Å². The summed E-state index contributed by atoms with van der Waals surface area (Å²) in [5.74, 6) is 0.0569. The van der Waals surface area contributed by atoms with Crippen LogP contribution in [0.2, 0.25) is 0 Å². The molecule has 0 spiro atoms. The van der Waals surface area contributed by atoms with Gasteiger partial charge < -0.3 is 15.1 Å². The number of piperidine rings is 1. The molecule has 1 fully saturated rings. The fourth-order valence-electron chi connectivity index (χ4n) is 3.21. The summed E-state index contributed by atoms with van der Waals surface area (Å²) in [6, 6.07) is 8.03. The first kappa shape index (κ1) is 18.3. The van der Waals surface area contributed by atoms with E-state index >= 15 is 0 Å². The number of anilines is 1. The average Bonchev–Trinajstić information content (AvgIpc) is 2.63. The molecule has 5 nitrogen and oxygen atoms in total. The summed E-state index contributed by atoms with van der Waals surface area (Å²) in [5, 5.41) is 3.07. The summed E-state index contributed by atoms with van der Waals surface area (Å²) >= 11 is 0. The lowest BCUT2D eigenvalue weighted by Gasteiger charge is -2.34. The number of hydrogen-bond acceptors (Lipinski definition) is 2. The molecule has 3 amide bonds. The lowest BCUT2D eigenvalue weighted by atomic mass is 9.95. The number of carbonyl (C=O) groups is 2. The normalized spacial score (nSPS) is 15.2. The van der Waals surface area contributed by atoms with Gasteiger partial charge in [0.2, 0.25) is 5.91 Å². The largest absolute Gasteiger partial charge is 0.326 e. The summed E-state index contributed by atoms with van der Waals surface area (Å²) in [6.07, 6.45) is 2.35. The number of benzene rings is 1. The summed E-state index contributed by atoms with van der Waals surface area (Å²) < 4.78 is 0. The quantitative estimate of drug-likeness (QED) is 0.899.